The van der Waals surface area contributed by atoms with E-state index in [0.29, 0.717) is 12.6 Å². The Morgan fingerprint density at radius 2 is 2.00 bits per heavy atom. The molecular weight excluding hydrogens is 208 g/mol. The molecule has 0 rings (SSSR count). The Kier molecular flexibility index (Phi) is 7.54. The molecule has 0 aromatic carbocycles. The number of esters is 1. The molecule has 0 bridgehead atoms. The van der Waals surface area contributed by atoms with E-state index in [1.54, 1.807) is 6.92 Å². The van der Waals surface area contributed by atoms with Crippen LogP contribution in [0.5, 0.6) is 0 Å². The van der Waals surface area contributed by atoms with Crippen molar-refractivity contribution in [2.75, 3.05) is 26.7 Å². The van der Waals surface area contributed by atoms with E-state index in [1.165, 1.54) is 0 Å². The number of nitrogens with one attached hydrogen (secondary N) is 1. The predicted octanol–water partition coefficient (Wildman–Crippen LogP) is 0.396. The molecule has 0 radical (unpaired) electrons. The molecule has 16 heavy (non-hydrogen) atoms. The van der Waals surface area contributed by atoms with Crippen molar-refractivity contribution in [1.82, 2.24) is 10.2 Å². The topological polar surface area (TPSA) is 58.6 Å². The molecule has 0 spiro atoms. The van der Waals surface area contributed by atoms with Crippen molar-refractivity contribution in [3.8, 4) is 0 Å². The van der Waals surface area contributed by atoms with E-state index in [-0.39, 0.29) is 6.61 Å². The van der Waals surface area contributed by atoms with Gasteiger partial charge in [-0.15, -0.1) is 0 Å². The van der Waals surface area contributed by atoms with Gasteiger partial charge in [-0.3, -0.25) is 4.79 Å². The normalized spacial score (nSPS) is 10.6. The van der Waals surface area contributed by atoms with Gasteiger partial charge < -0.3 is 15.0 Å². The lowest BCUT2D eigenvalue weighted by molar-refractivity contribution is -0.154. The molecule has 1 amide bonds. The van der Waals surface area contributed by atoms with Crippen molar-refractivity contribution in [3.63, 3.8) is 0 Å². The van der Waals surface area contributed by atoms with Crippen molar-refractivity contribution in [3.05, 3.63) is 0 Å². The summed E-state index contributed by atoms with van der Waals surface area (Å²) in [6.07, 6.45) is 0.819. The van der Waals surface area contributed by atoms with Crippen LogP contribution in [0, 0.1) is 0 Å². The zero-order valence-electron chi connectivity index (χ0n) is 10.6. The quantitative estimate of drug-likeness (QED) is 0.407. The Morgan fingerprint density at radius 3 is 2.50 bits per heavy atom. The summed E-state index contributed by atoms with van der Waals surface area (Å²) >= 11 is 0. The van der Waals surface area contributed by atoms with Crippen LogP contribution in [0.3, 0.4) is 0 Å². The molecule has 0 aliphatic carbocycles. The van der Waals surface area contributed by atoms with Gasteiger partial charge in [0.1, 0.15) is 0 Å². The number of nitrogens with zero attached hydrogens (tertiary/aromatic N) is 1. The van der Waals surface area contributed by atoms with Gasteiger partial charge in [0.2, 0.25) is 0 Å². The first-order chi connectivity index (χ1) is 7.49. The van der Waals surface area contributed by atoms with Crippen LogP contribution < -0.4 is 5.32 Å². The summed E-state index contributed by atoms with van der Waals surface area (Å²) in [5.74, 6) is -1.46. The summed E-state index contributed by atoms with van der Waals surface area (Å²) in [5, 5.41) is 2.52. The van der Waals surface area contributed by atoms with E-state index < -0.39 is 11.9 Å². The summed E-state index contributed by atoms with van der Waals surface area (Å²) in [5.41, 5.74) is 0. The van der Waals surface area contributed by atoms with E-state index in [2.05, 4.69) is 28.8 Å². The monoisotopic (exact) mass is 230 g/mol. The summed E-state index contributed by atoms with van der Waals surface area (Å²) < 4.78 is 4.56. The summed E-state index contributed by atoms with van der Waals surface area (Å²) in [6.45, 7) is 7.50. The molecule has 5 heteroatoms. The van der Waals surface area contributed by atoms with Crippen LogP contribution >= 0.6 is 0 Å². The fourth-order valence-electron chi connectivity index (χ4n) is 1.06. The van der Waals surface area contributed by atoms with Gasteiger partial charge in [-0.25, -0.2) is 4.79 Å². The van der Waals surface area contributed by atoms with Crippen LogP contribution in [0.2, 0.25) is 0 Å². The van der Waals surface area contributed by atoms with Gasteiger partial charge in [0.15, 0.2) is 0 Å². The molecule has 0 unspecified atom stereocenters. The fourth-order valence-corrected chi connectivity index (χ4v) is 1.06. The molecule has 94 valence electrons. The van der Waals surface area contributed by atoms with Crippen molar-refractivity contribution in [2.45, 2.75) is 33.2 Å². The Balaban J connectivity index is 3.59. The Bertz CT molecular complexity index is 229. The smallest absolute Gasteiger partial charge is 0.396 e. The van der Waals surface area contributed by atoms with Crippen LogP contribution in [0.25, 0.3) is 0 Å². The van der Waals surface area contributed by atoms with Crippen LogP contribution in [-0.4, -0.2) is 49.6 Å². The number of hydrogen-bond donors (Lipinski definition) is 1. The largest absolute Gasteiger partial charge is 0.459 e. The molecule has 0 aliphatic heterocycles. The molecule has 0 heterocycles. The maximum atomic E-state index is 11.1. The maximum Gasteiger partial charge on any atom is 0.396 e. The van der Waals surface area contributed by atoms with Crippen molar-refractivity contribution in [2.24, 2.45) is 0 Å². The average molecular weight is 230 g/mol. The average Bonchev–Trinajstić information content (AvgIpc) is 2.23. The fraction of sp³-hybridized carbons (Fsp3) is 0.818. The lowest BCUT2D eigenvalue weighted by atomic mass is 10.3. The third kappa shape index (κ3) is 6.40. The number of rotatable bonds is 6. The number of ether oxygens (including phenoxy) is 1. The van der Waals surface area contributed by atoms with E-state index in [9.17, 15) is 9.59 Å². The molecule has 1 N–H and O–H groups in total. The Morgan fingerprint density at radius 1 is 1.38 bits per heavy atom. The molecule has 0 fully saturated rings. The maximum absolute atomic E-state index is 11.1. The van der Waals surface area contributed by atoms with Gasteiger partial charge in [-0.1, -0.05) is 0 Å². The van der Waals surface area contributed by atoms with Gasteiger partial charge in [-0.2, -0.15) is 0 Å². The number of carbonyl (C=O) groups is 2. The lowest BCUT2D eigenvalue weighted by Gasteiger charge is -2.20. The molecule has 5 nitrogen and oxygen atoms in total. The minimum Gasteiger partial charge on any atom is -0.459 e. The van der Waals surface area contributed by atoms with E-state index in [0.717, 1.165) is 13.0 Å². The molecule has 0 aromatic heterocycles. The van der Waals surface area contributed by atoms with Crippen LogP contribution in [0.1, 0.15) is 27.2 Å². The third-order valence-electron chi connectivity index (χ3n) is 2.32. The van der Waals surface area contributed by atoms with E-state index in [4.69, 9.17) is 0 Å². The highest BCUT2D eigenvalue weighted by molar-refractivity contribution is 6.32. The second kappa shape index (κ2) is 8.10. The van der Waals surface area contributed by atoms with Crippen molar-refractivity contribution in [1.29, 1.82) is 0 Å². The van der Waals surface area contributed by atoms with Crippen LogP contribution in [0.15, 0.2) is 0 Å². The first-order valence-electron chi connectivity index (χ1n) is 5.64. The predicted molar refractivity (Wildman–Crippen MR) is 62.0 cm³/mol. The Hall–Kier alpha value is -1.10. The highest BCUT2D eigenvalue weighted by Gasteiger charge is 2.13. The number of hydrogen-bond acceptors (Lipinski definition) is 4. The second-order valence-electron chi connectivity index (χ2n) is 3.90. The van der Waals surface area contributed by atoms with Gasteiger partial charge >= 0.3 is 11.9 Å². The highest BCUT2D eigenvalue weighted by atomic mass is 16.5. The van der Waals surface area contributed by atoms with Crippen LogP contribution in [-0.2, 0) is 14.3 Å². The van der Waals surface area contributed by atoms with Crippen molar-refractivity contribution < 1.29 is 14.3 Å². The molecule has 0 saturated carbocycles. The number of carbonyl (C=O) groups excluding carboxylic acids is 2. The summed E-state index contributed by atoms with van der Waals surface area (Å²) in [7, 11) is 2.03. The first kappa shape index (κ1) is 14.9. The number of amides is 1. The van der Waals surface area contributed by atoms with E-state index in [1.807, 2.05) is 7.05 Å². The summed E-state index contributed by atoms with van der Waals surface area (Å²) in [4.78, 5) is 24.2. The first-order valence-corrected chi connectivity index (χ1v) is 5.64. The van der Waals surface area contributed by atoms with Gasteiger partial charge in [0, 0.05) is 12.6 Å². The van der Waals surface area contributed by atoms with Gasteiger partial charge in [-0.05, 0) is 40.8 Å². The molecule has 0 aliphatic rings. The van der Waals surface area contributed by atoms with Gasteiger partial charge in [0.05, 0.1) is 6.61 Å². The minimum atomic E-state index is -0.806. The zero-order chi connectivity index (χ0) is 12.6. The van der Waals surface area contributed by atoms with E-state index >= 15 is 0 Å². The SMILES string of the molecule is CCOC(=O)C(=O)NCCCN(C)C(C)C. The molecular formula is C11H22N2O3. The third-order valence-corrected chi connectivity index (χ3v) is 2.32. The minimum absolute atomic E-state index is 0.225. The Labute approximate surface area is 97.1 Å². The molecule has 0 aromatic rings. The zero-order valence-corrected chi connectivity index (χ0v) is 10.6. The molecule has 0 atom stereocenters. The second-order valence-corrected chi connectivity index (χ2v) is 3.90. The lowest BCUT2D eigenvalue weighted by Crippen LogP contribution is -2.35. The van der Waals surface area contributed by atoms with Gasteiger partial charge in [0.25, 0.3) is 0 Å². The summed E-state index contributed by atoms with van der Waals surface area (Å²) in [6, 6.07) is 0.487. The van der Waals surface area contributed by atoms with Crippen molar-refractivity contribution >= 4 is 11.9 Å². The highest BCUT2D eigenvalue weighted by Crippen LogP contribution is 1.94. The standard InChI is InChI=1S/C11H22N2O3/c1-5-16-11(15)10(14)12-7-6-8-13(4)9(2)3/h9H,5-8H2,1-4H3,(H,12,14). The van der Waals surface area contributed by atoms with Crippen LogP contribution in [0.4, 0.5) is 0 Å². The molecule has 0 saturated heterocycles.